The van der Waals surface area contributed by atoms with E-state index in [1.807, 2.05) is 0 Å². The molecule has 5 nitrogen and oxygen atoms in total. The summed E-state index contributed by atoms with van der Waals surface area (Å²) in [5, 5.41) is 30.9. The smallest absolute Gasteiger partial charge is 0.309 e. The zero-order chi connectivity index (χ0) is 18.4. The number of aliphatic carboxylic acids is 2. The predicted molar refractivity (Wildman–Crippen MR) is 90.7 cm³/mol. The fourth-order valence-corrected chi connectivity index (χ4v) is 7.85. The molecule has 4 saturated carbocycles. The van der Waals surface area contributed by atoms with Crippen molar-refractivity contribution >= 4 is 11.9 Å². The van der Waals surface area contributed by atoms with Crippen LogP contribution in [-0.2, 0) is 9.59 Å². The van der Waals surface area contributed by atoms with Gasteiger partial charge in [0, 0.05) is 5.92 Å². The standard InChI is InChI=1S/C20H28O5/c1-10-8-20-9-11(10)12(21)7-13(20)18(2)5-4-6-19(3,17(24)25)15(18)14(20)16(22)23/h11-15,21H,1,4-9H2,2-3H3,(H,22,23)(H,24,25)/t11-,12-,13+,14-,15+,18+,19-,20-/m1/s1. The molecule has 0 aromatic rings. The van der Waals surface area contributed by atoms with E-state index in [-0.39, 0.29) is 17.3 Å². The maximum absolute atomic E-state index is 12.4. The van der Waals surface area contributed by atoms with Gasteiger partial charge in [0.05, 0.1) is 17.4 Å². The Morgan fingerprint density at radius 3 is 2.48 bits per heavy atom. The second-order valence-electron chi connectivity index (χ2n) is 9.61. The molecule has 4 aliphatic carbocycles. The Bertz CT molecular complexity index is 671. The second-order valence-corrected chi connectivity index (χ2v) is 9.61. The highest BCUT2D eigenvalue weighted by Crippen LogP contribution is 2.77. The largest absolute Gasteiger partial charge is 0.481 e. The number of fused-ring (bicyclic) bond motifs is 3. The fraction of sp³-hybridized carbons (Fsp3) is 0.800. The van der Waals surface area contributed by atoms with Crippen molar-refractivity contribution in [3.63, 3.8) is 0 Å². The number of hydrogen-bond acceptors (Lipinski definition) is 3. The first-order valence-corrected chi connectivity index (χ1v) is 9.40. The van der Waals surface area contributed by atoms with E-state index in [1.54, 1.807) is 6.92 Å². The van der Waals surface area contributed by atoms with Gasteiger partial charge in [-0.1, -0.05) is 25.5 Å². The molecule has 4 aliphatic rings. The lowest BCUT2D eigenvalue weighted by Gasteiger charge is -2.50. The van der Waals surface area contributed by atoms with Gasteiger partial charge in [0.1, 0.15) is 0 Å². The van der Waals surface area contributed by atoms with Crippen molar-refractivity contribution in [3.8, 4) is 0 Å². The van der Waals surface area contributed by atoms with Gasteiger partial charge in [0.15, 0.2) is 0 Å². The van der Waals surface area contributed by atoms with E-state index in [0.29, 0.717) is 25.7 Å². The predicted octanol–water partition coefficient (Wildman–Crippen LogP) is 2.93. The van der Waals surface area contributed by atoms with Gasteiger partial charge in [0.2, 0.25) is 0 Å². The molecule has 0 aliphatic heterocycles. The summed E-state index contributed by atoms with van der Waals surface area (Å²) in [4.78, 5) is 24.7. The minimum atomic E-state index is -1.02. The number of aliphatic hydroxyl groups excluding tert-OH is 1. The first-order chi connectivity index (χ1) is 11.6. The number of hydrogen-bond donors (Lipinski definition) is 3. The average Bonchev–Trinajstić information content (AvgIpc) is 2.92. The maximum atomic E-state index is 12.4. The summed E-state index contributed by atoms with van der Waals surface area (Å²) in [6.45, 7) is 7.99. The monoisotopic (exact) mass is 348 g/mol. The average molecular weight is 348 g/mol. The van der Waals surface area contributed by atoms with E-state index in [1.165, 1.54) is 0 Å². The molecule has 0 unspecified atom stereocenters. The number of carbonyl (C=O) groups is 2. The molecule has 0 aromatic carbocycles. The maximum Gasteiger partial charge on any atom is 0.309 e. The number of rotatable bonds is 2. The minimum Gasteiger partial charge on any atom is -0.481 e. The third-order valence-corrected chi connectivity index (χ3v) is 8.63. The van der Waals surface area contributed by atoms with Crippen LogP contribution in [0.3, 0.4) is 0 Å². The summed E-state index contributed by atoms with van der Waals surface area (Å²) in [7, 11) is 0. The van der Waals surface area contributed by atoms with Crippen LogP contribution < -0.4 is 0 Å². The van der Waals surface area contributed by atoms with Gasteiger partial charge in [-0.2, -0.15) is 0 Å². The lowest BCUT2D eigenvalue weighted by molar-refractivity contribution is -0.166. The summed E-state index contributed by atoms with van der Waals surface area (Å²) in [6.07, 6.45) is 3.55. The van der Waals surface area contributed by atoms with E-state index in [0.717, 1.165) is 18.4 Å². The molecule has 3 N–H and O–H groups in total. The van der Waals surface area contributed by atoms with Crippen molar-refractivity contribution in [3.05, 3.63) is 12.2 Å². The van der Waals surface area contributed by atoms with E-state index in [4.69, 9.17) is 0 Å². The zero-order valence-electron chi connectivity index (χ0n) is 15.0. The molecule has 4 rings (SSSR count). The molecular formula is C20H28O5. The van der Waals surface area contributed by atoms with Crippen molar-refractivity contribution in [1.82, 2.24) is 0 Å². The molecule has 0 radical (unpaired) electrons. The van der Waals surface area contributed by atoms with Gasteiger partial charge in [-0.3, -0.25) is 9.59 Å². The molecule has 8 atom stereocenters. The molecule has 0 heterocycles. The summed E-state index contributed by atoms with van der Waals surface area (Å²) < 4.78 is 0. The number of aliphatic hydroxyl groups is 1. The van der Waals surface area contributed by atoms with Crippen LogP contribution in [0.2, 0.25) is 0 Å². The van der Waals surface area contributed by atoms with E-state index in [9.17, 15) is 24.9 Å². The Morgan fingerprint density at radius 1 is 1.20 bits per heavy atom. The second kappa shape index (κ2) is 4.87. The molecule has 1 spiro atoms. The van der Waals surface area contributed by atoms with Crippen LogP contribution >= 0.6 is 0 Å². The van der Waals surface area contributed by atoms with Gasteiger partial charge in [-0.25, -0.2) is 0 Å². The third-order valence-electron chi connectivity index (χ3n) is 8.63. The van der Waals surface area contributed by atoms with Crippen molar-refractivity contribution < 1.29 is 24.9 Å². The molecule has 4 fully saturated rings. The van der Waals surface area contributed by atoms with E-state index in [2.05, 4.69) is 13.5 Å². The van der Waals surface area contributed by atoms with E-state index < -0.39 is 40.7 Å². The normalized spacial score (nSPS) is 54.0. The van der Waals surface area contributed by atoms with Gasteiger partial charge in [-0.05, 0) is 61.7 Å². The molecule has 138 valence electrons. The quantitative estimate of drug-likeness (QED) is 0.667. The summed E-state index contributed by atoms with van der Waals surface area (Å²) >= 11 is 0. The molecule has 0 saturated heterocycles. The SMILES string of the molecule is C=C1C[C@@]23C[C@H]1[C@H](O)C[C@H]2[C@]1(C)CCC[C@@](C)(C(=O)O)[C@H]1[C@@H]3C(=O)O. The Balaban J connectivity index is 1.93. The van der Waals surface area contributed by atoms with Gasteiger partial charge in [-0.15, -0.1) is 0 Å². The third kappa shape index (κ3) is 1.83. The van der Waals surface area contributed by atoms with Crippen LogP contribution in [0.1, 0.15) is 52.4 Å². The van der Waals surface area contributed by atoms with Crippen LogP contribution in [0, 0.1) is 39.9 Å². The summed E-state index contributed by atoms with van der Waals surface area (Å²) in [5.74, 6) is -2.78. The molecule has 2 bridgehead atoms. The van der Waals surface area contributed by atoms with Crippen LogP contribution in [0.15, 0.2) is 12.2 Å². The fourth-order valence-electron chi connectivity index (χ4n) is 7.85. The van der Waals surface area contributed by atoms with Crippen molar-refractivity contribution in [2.24, 2.45) is 39.9 Å². The van der Waals surface area contributed by atoms with Gasteiger partial charge < -0.3 is 15.3 Å². The van der Waals surface area contributed by atoms with Crippen LogP contribution in [-0.4, -0.2) is 33.4 Å². The Labute approximate surface area is 148 Å². The summed E-state index contributed by atoms with van der Waals surface area (Å²) in [6, 6.07) is 0. The van der Waals surface area contributed by atoms with Gasteiger partial charge >= 0.3 is 11.9 Å². The van der Waals surface area contributed by atoms with E-state index >= 15 is 0 Å². The number of carboxylic acids is 2. The lowest BCUT2D eigenvalue weighted by atomic mass is 9.53. The van der Waals surface area contributed by atoms with Crippen molar-refractivity contribution in [1.29, 1.82) is 0 Å². The Kier molecular flexibility index (Phi) is 3.33. The number of carboxylic acid groups (broad SMARTS) is 2. The molecular weight excluding hydrogens is 320 g/mol. The van der Waals surface area contributed by atoms with Crippen LogP contribution in [0.5, 0.6) is 0 Å². The Hall–Kier alpha value is -1.36. The highest BCUT2D eigenvalue weighted by atomic mass is 16.4. The topological polar surface area (TPSA) is 94.8 Å². The lowest BCUT2D eigenvalue weighted by Crippen LogP contribution is -2.50. The van der Waals surface area contributed by atoms with Crippen LogP contribution in [0.25, 0.3) is 0 Å². The molecule has 0 aromatic heterocycles. The first kappa shape index (κ1) is 17.1. The van der Waals surface area contributed by atoms with Gasteiger partial charge in [0.25, 0.3) is 0 Å². The molecule has 5 heteroatoms. The molecule has 25 heavy (non-hydrogen) atoms. The highest BCUT2D eigenvalue weighted by Gasteiger charge is 2.76. The summed E-state index contributed by atoms with van der Waals surface area (Å²) in [5.41, 5.74) is -0.856. The highest BCUT2D eigenvalue weighted by molar-refractivity contribution is 5.79. The van der Waals surface area contributed by atoms with Crippen molar-refractivity contribution in [2.45, 2.75) is 58.5 Å². The van der Waals surface area contributed by atoms with Crippen LogP contribution in [0.4, 0.5) is 0 Å². The minimum absolute atomic E-state index is 0.0297. The molecule has 0 amide bonds. The Morgan fingerprint density at radius 2 is 1.88 bits per heavy atom. The van der Waals surface area contributed by atoms with Crippen molar-refractivity contribution in [2.75, 3.05) is 0 Å². The first-order valence-electron chi connectivity index (χ1n) is 9.40. The zero-order valence-corrected chi connectivity index (χ0v) is 15.0.